The number of hydrogen-bond acceptors (Lipinski definition) is 3. The Hall–Kier alpha value is -2.04. The van der Waals surface area contributed by atoms with E-state index >= 15 is 0 Å². The molecule has 0 atom stereocenters. The SMILES string of the molecule is CC(C)c1ccc(OCC(=O)N2CCN(C(=O)C(C)(C)C)CC2)cc1. The largest absolute Gasteiger partial charge is 0.484 e. The molecule has 0 radical (unpaired) electrons. The summed E-state index contributed by atoms with van der Waals surface area (Å²) >= 11 is 0. The molecule has 0 unspecified atom stereocenters. The fraction of sp³-hybridized carbons (Fsp3) is 0.600. The van der Waals surface area contributed by atoms with Crippen LogP contribution in [0.2, 0.25) is 0 Å². The first-order chi connectivity index (χ1) is 11.7. The number of rotatable bonds is 4. The molecular weight excluding hydrogens is 316 g/mol. The number of ether oxygens (including phenoxy) is 1. The summed E-state index contributed by atoms with van der Waals surface area (Å²) in [5.41, 5.74) is 0.871. The van der Waals surface area contributed by atoms with Crippen molar-refractivity contribution in [2.45, 2.75) is 40.5 Å². The maximum absolute atomic E-state index is 12.3. The van der Waals surface area contributed by atoms with Crippen LogP contribution in [0.5, 0.6) is 5.75 Å². The highest BCUT2D eigenvalue weighted by Gasteiger charge is 2.30. The summed E-state index contributed by atoms with van der Waals surface area (Å²) in [5.74, 6) is 1.29. The number of nitrogens with zero attached hydrogens (tertiary/aromatic N) is 2. The standard InChI is InChI=1S/C20H30N2O3/c1-15(2)16-6-8-17(9-7-16)25-14-18(23)21-10-12-22(13-11-21)19(24)20(3,4)5/h6-9,15H,10-14H2,1-5H3. The predicted octanol–water partition coefficient (Wildman–Crippen LogP) is 2.91. The van der Waals surface area contributed by atoms with Gasteiger partial charge in [-0.15, -0.1) is 0 Å². The molecule has 0 N–H and O–H groups in total. The van der Waals surface area contributed by atoms with Crippen molar-refractivity contribution in [3.63, 3.8) is 0 Å². The molecule has 1 aromatic rings. The summed E-state index contributed by atoms with van der Waals surface area (Å²) in [4.78, 5) is 28.2. The maximum Gasteiger partial charge on any atom is 0.260 e. The van der Waals surface area contributed by atoms with Gasteiger partial charge in [0.2, 0.25) is 5.91 Å². The number of carbonyl (C=O) groups is 2. The molecule has 2 amide bonds. The monoisotopic (exact) mass is 346 g/mol. The van der Waals surface area contributed by atoms with Gasteiger partial charge >= 0.3 is 0 Å². The van der Waals surface area contributed by atoms with E-state index in [2.05, 4.69) is 13.8 Å². The smallest absolute Gasteiger partial charge is 0.260 e. The second-order valence-electron chi connectivity index (χ2n) is 7.94. The number of benzene rings is 1. The number of hydrogen-bond donors (Lipinski definition) is 0. The zero-order valence-electron chi connectivity index (χ0n) is 16.0. The summed E-state index contributed by atoms with van der Waals surface area (Å²) in [6.45, 7) is 12.4. The van der Waals surface area contributed by atoms with Crippen LogP contribution < -0.4 is 4.74 Å². The number of amides is 2. The van der Waals surface area contributed by atoms with Crippen LogP contribution in [0.3, 0.4) is 0 Å². The Labute approximate surface area is 150 Å². The molecule has 0 spiro atoms. The average Bonchev–Trinajstić information content (AvgIpc) is 2.58. The Morgan fingerprint density at radius 1 is 1.00 bits per heavy atom. The molecule has 0 bridgehead atoms. The van der Waals surface area contributed by atoms with E-state index in [9.17, 15) is 9.59 Å². The first-order valence-electron chi connectivity index (χ1n) is 8.98. The van der Waals surface area contributed by atoms with Gasteiger partial charge in [0.1, 0.15) is 5.75 Å². The third kappa shape index (κ3) is 5.21. The van der Waals surface area contributed by atoms with E-state index in [1.54, 1.807) is 4.90 Å². The van der Waals surface area contributed by atoms with Gasteiger partial charge < -0.3 is 14.5 Å². The third-order valence-electron chi connectivity index (χ3n) is 4.47. The van der Waals surface area contributed by atoms with E-state index in [0.29, 0.717) is 37.8 Å². The second kappa shape index (κ2) is 7.89. The Kier molecular flexibility index (Phi) is 6.09. The lowest BCUT2D eigenvalue weighted by molar-refractivity contribution is -0.145. The molecule has 0 saturated carbocycles. The molecule has 1 fully saturated rings. The second-order valence-corrected chi connectivity index (χ2v) is 7.94. The van der Waals surface area contributed by atoms with Crippen LogP contribution in [-0.4, -0.2) is 54.4 Å². The zero-order valence-corrected chi connectivity index (χ0v) is 16.0. The minimum Gasteiger partial charge on any atom is -0.484 e. The van der Waals surface area contributed by atoms with E-state index in [0.717, 1.165) is 0 Å². The maximum atomic E-state index is 12.3. The Bertz CT molecular complexity index is 594. The molecule has 1 aromatic carbocycles. The van der Waals surface area contributed by atoms with E-state index < -0.39 is 0 Å². The van der Waals surface area contributed by atoms with Crippen LogP contribution in [0.1, 0.15) is 46.1 Å². The van der Waals surface area contributed by atoms with E-state index in [1.165, 1.54) is 5.56 Å². The van der Waals surface area contributed by atoms with E-state index in [4.69, 9.17) is 4.74 Å². The van der Waals surface area contributed by atoms with Crippen LogP contribution >= 0.6 is 0 Å². The molecule has 2 rings (SSSR count). The molecule has 1 saturated heterocycles. The minimum atomic E-state index is -0.378. The summed E-state index contributed by atoms with van der Waals surface area (Å²) in [6, 6.07) is 7.87. The van der Waals surface area contributed by atoms with Gasteiger partial charge in [-0.05, 0) is 23.6 Å². The van der Waals surface area contributed by atoms with Gasteiger partial charge in [0.05, 0.1) is 0 Å². The molecule has 1 aliphatic heterocycles. The fourth-order valence-electron chi connectivity index (χ4n) is 2.82. The Balaban J connectivity index is 1.80. The third-order valence-corrected chi connectivity index (χ3v) is 4.47. The van der Waals surface area contributed by atoms with Crippen LogP contribution in [0.25, 0.3) is 0 Å². The molecule has 0 aliphatic carbocycles. The van der Waals surface area contributed by atoms with Crippen LogP contribution in [0.4, 0.5) is 0 Å². The highest BCUT2D eigenvalue weighted by Crippen LogP contribution is 2.20. The molecule has 138 valence electrons. The molecule has 25 heavy (non-hydrogen) atoms. The lowest BCUT2D eigenvalue weighted by Crippen LogP contribution is -2.53. The summed E-state index contributed by atoms with van der Waals surface area (Å²) < 4.78 is 5.61. The molecule has 0 aromatic heterocycles. The average molecular weight is 346 g/mol. The zero-order chi connectivity index (χ0) is 18.6. The van der Waals surface area contributed by atoms with Crippen molar-refractivity contribution in [1.82, 2.24) is 9.80 Å². The summed E-state index contributed by atoms with van der Waals surface area (Å²) in [5, 5.41) is 0. The summed E-state index contributed by atoms with van der Waals surface area (Å²) in [7, 11) is 0. The van der Waals surface area contributed by atoms with Gasteiger partial charge in [-0.25, -0.2) is 0 Å². The lowest BCUT2D eigenvalue weighted by atomic mass is 9.94. The van der Waals surface area contributed by atoms with Crippen LogP contribution in [0, 0.1) is 5.41 Å². The van der Waals surface area contributed by atoms with Crippen molar-refractivity contribution < 1.29 is 14.3 Å². The highest BCUT2D eigenvalue weighted by atomic mass is 16.5. The van der Waals surface area contributed by atoms with Crippen LogP contribution in [-0.2, 0) is 9.59 Å². The van der Waals surface area contributed by atoms with Crippen molar-refractivity contribution in [1.29, 1.82) is 0 Å². The normalized spacial score (nSPS) is 15.4. The topological polar surface area (TPSA) is 49.9 Å². The van der Waals surface area contributed by atoms with Crippen molar-refractivity contribution in [3.05, 3.63) is 29.8 Å². The molecule has 1 heterocycles. The Morgan fingerprint density at radius 2 is 1.52 bits per heavy atom. The predicted molar refractivity (Wildman–Crippen MR) is 98.6 cm³/mol. The highest BCUT2D eigenvalue weighted by molar-refractivity contribution is 5.82. The molecule has 5 nitrogen and oxygen atoms in total. The van der Waals surface area contributed by atoms with Crippen molar-refractivity contribution in [2.24, 2.45) is 5.41 Å². The van der Waals surface area contributed by atoms with Crippen molar-refractivity contribution in [3.8, 4) is 5.75 Å². The quantitative estimate of drug-likeness (QED) is 0.842. The molecule has 5 heteroatoms. The number of piperazine rings is 1. The van der Waals surface area contributed by atoms with Crippen LogP contribution in [0.15, 0.2) is 24.3 Å². The summed E-state index contributed by atoms with van der Waals surface area (Å²) in [6.07, 6.45) is 0. The van der Waals surface area contributed by atoms with Crippen molar-refractivity contribution in [2.75, 3.05) is 32.8 Å². The first kappa shape index (κ1) is 19.3. The van der Waals surface area contributed by atoms with Gasteiger partial charge in [0, 0.05) is 31.6 Å². The minimum absolute atomic E-state index is 0.0317. The Morgan fingerprint density at radius 3 is 2.00 bits per heavy atom. The van der Waals surface area contributed by atoms with E-state index in [1.807, 2.05) is 49.9 Å². The number of carbonyl (C=O) groups excluding carboxylic acids is 2. The van der Waals surface area contributed by atoms with Crippen molar-refractivity contribution >= 4 is 11.8 Å². The van der Waals surface area contributed by atoms with E-state index in [-0.39, 0.29) is 23.8 Å². The van der Waals surface area contributed by atoms with Gasteiger partial charge in [0.15, 0.2) is 6.61 Å². The lowest BCUT2D eigenvalue weighted by Gasteiger charge is -2.37. The molecular formula is C20H30N2O3. The van der Waals surface area contributed by atoms with Gasteiger partial charge in [0.25, 0.3) is 5.91 Å². The fourth-order valence-corrected chi connectivity index (χ4v) is 2.82. The van der Waals surface area contributed by atoms with Gasteiger partial charge in [-0.2, -0.15) is 0 Å². The van der Waals surface area contributed by atoms with Gasteiger partial charge in [-0.1, -0.05) is 46.8 Å². The van der Waals surface area contributed by atoms with Gasteiger partial charge in [-0.3, -0.25) is 9.59 Å². The molecule has 1 aliphatic rings. The first-order valence-corrected chi connectivity index (χ1v) is 8.98.